The molecule has 0 aliphatic carbocycles. The van der Waals surface area contributed by atoms with Crippen molar-refractivity contribution in [1.82, 2.24) is 5.43 Å². The first-order valence-corrected chi connectivity index (χ1v) is 7.12. The number of rotatable bonds is 3. The summed E-state index contributed by atoms with van der Waals surface area (Å²) < 4.78 is 0. The van der Waals surface area contributed by atoms with E-state index in [4.69, 9.17) is 0 Å². The lowest BCUT2D eigenvalue weighted by atomic mass is 10.1. The molecule has 1 amide bonds. The summed E-state index contributed by atoms with van der Waals surface area (Å²) >= 11 is 0. The number of carbonyl (C=O) groups is 1. The molecule has 0 aliphatic rings. The maximum atomic E-state index is 12.0. The van der Waals surface area contributed by atoms with Crippen LogP contribution in [0.3, 0.4) is 0 Å². The zero-order valence-electron chi connectivity index (χ0n) is 12.3. The van der Waals surface area contributed by atoms with Gasteiger partial charge < -0.3 is 0 Å². The first-order chi connectivity index (χ1) is 10.7. The molecule has 0 saturated carbocycles. The number of nitrogens with one attached hydrogen (secondary N) is 1. The van der Waals surface area contributed by atoms with Crippen molar-refractivity contribution in [3.8, 4) is 0 Å². The summed E-state index contributed by atoms with van der Waals surface area (Å²) in [5, 5.41) is 6.32. The second-order valence-electron chi connectivity index (χ2n) is 5.13. The number of amides is 1. The molecule has 3 rings (SSSR count). The molecule has 108 valence electrons. The van der Waals surface area contributed by atoms with Gasteiger partial charge in [0.25, 0.3) is 5.91 Å². The van der Waals surface area contributed by atoms with Crippen LogP contribution in [0.5, 0.6) is 0 Å². The van der Waals surface area contributed by atoms with Crippen LogP contribution in [-0.4, -0.2) is 12.1 Å². The standard InChI is InChI=1S/C19H16N2O/c1-14-9-11-16(12-10-14)19(22)21-20-13-17-7-4-6-15-5-2-3-8-18(15)17/h2-13H,1H3,(H,21,22)/b20-13+. The molecular formula is C19H16N2O. The van der Waals surface area contributed by atoms with Crippen LogP contribution < -0.4 is 5.43 Å². The molecule has 0 unspecified atom stereocenters. The molecule has 0 bridgehead atoms. The minimum Gasteiger partial charge on any atom is -0.267 e. The molecule has 0 fully saturated rings. The molecule has 0 aliphatic heterocycles. The molecule has 0 saturated heterocycles. The Morgan fingerprint density at radius 2 is 1.68 bits per heavy atom. The van der Waals surface area contributed by atoms with Crippen molar-refractivity contribution in [3.63, 3.8) is 0 Å². The van der Waals surface area contributed by atoms with Crippen LogP contribution >= 0.6 is 0 Å². The molecule has 1 N–H and O–H groups in total. The molecule has 3 aromatic rings. The second kappa shape index (κ2) is 6.22. The van der Waals surface area contributed by atoms with Gasteiger partial charge in [-0.2, -0.15) is 5.10 Å². The van der Waals surface area contributed by atoms with Crippen LogP contribution in [0.25, 0.3) is 10.8 Å². The van der Waals surface area contributed by atoms with Crippen LogP contribution in [-0.2, 0) is 0 Å². The van der Waals surface area contributed by atoms with Crippen molar-refractivity contribution in [1.29, 1.82) is 0 Å². The zero-order valence-corrected chi connectivity index (χ0v) is 12.3. The Kier molecular flexibility index (Phi) is 3.97. The van der Waals surface area contributed by atoms with E-state index in [-0.39, 0.29) is 5.91 Å². The quantitative estimate of drug-likeness (QED) is 0.576. The number of benzene rings is 3. The Morgan fingerprint density at radius 3 is 2.50 bits per heavy atom. The van der Waals surface area contributed by atoms with Crippen LogP contribution in [0.15, 0.2) is 71.8 Å². The van der Waals surface area contributed by atoms with Gasteiger partial charge in [0, 0.05) is 11.1 Å². The lowest BCUT2D eigenvalue weighted by Crippen LogP contribution is -2.17. The third-order valence-corrected chi connectivity index (χ3v) is 3.51. The van der Waals surface area contributed by atoms with E-state index in [0.29, 0.717) is 5.56 Å². The fraction of sp³-hybridized carbons (Fsp3) is 0.0526. The molecule has 0 heterocycles. The van der Waals surface area contributed by atoms with Gasteiger partial charge in [0.1, 0.15) is 0 Å². The molecule has 0 radical (unpaired) electrons. The number of fused-ring (bicyclic) bond motifs is 1. The summed E-state index contributed by atoms with van der Waals surface area (Å²) in [5.41, 5.74) is 5.26. The van der Waals surface area contributed by atoms with Crippen LogP contribution in [0.2, 0.25) is 0 Å². The van der Waals surface area contributed by atoms with Gasteiger partial charge >= 0.3 is 0 Å². The third-order valence-electron chi connectivity index (χ3n) is 3.51. The van der Waals surface area contributed by atoms with Gasteiger partial charge in [0.15, 0.2) is 0 Å². The smallest absolute Gasteiger partial charge is 0.267 e. The predicted molar refractivity (Wildman–Crippen MR) is 90.2 cm³/mol. The Bertz CT molecular complexity index is 830. The van der Waals surface area contributed by atoms with Crippen LogP contribution in [0, 0.1) is 6.92 Å². The molecular weight excluding hydrogens is 272 g/mol. The monoisotopic (exact) mass is 288 g/mol. The van der Waals surface area contributed by atoms with Crippen molar-refractivity contribution in [2.45, 2.75) is 6.92 Å². The number of hydrogen-bond donors (Lipinski definition) is 1. The summed E-state index contributed by atoms with van der Waals surface area (Å²) in [4.78, 5) is 12.0. The fourth-order valence-corrected chi connectivity index (χ4v) is 2.29. The maximum absolute atomic E-state index is 12.0. The SMILES string of the molecule is Cc1ccc(C(=O)N/N=C/c2cccc3ccccc23)cc1. The minimum absolute atomic E-state index is 0.212. The van der Waals surface area contributed by atoms with Gasteiger partial charge in [-0.1, -0.05) is 60.2 Å². The summed E-state index contributed by atoms with van der Waals surface area (Å²) in [6.45, 7) is 1.99. The van der Waals surface area contributed by atoms with Crippen molar-refractivity contribution in [2.24, 2.45) is 5.10 Å². The van der Waals surface area contributed by atoms with E-state index in [2.05, 4.69) is 22.7 Å². The van der Waals surface area contributed by atoms with Gasteiger partial charge in [0.2, 0.25) is 0 Å². The summed E-state index contributed by atoms with van der Waals surface area (Å²) in [6.07, 6.45) is 1.68. The zero-order chi connectivity index (χ0) is 15.4. The largest absolute Gasteiger partial charge is 0.271 e. The first-order valence-electron chi connectivity index (χ1n) is 7.12. The highest BCUT2D eigenvalue weighted by Crippen LogP contribution is 2.16. The van der Waals surface area contributed by atoms with E-state index in [9.17, 15) is 4.79 Å². The van der Waals surface area contributed by atoms with Crippen molar-refractivity contribution < 1.29 is 4.79 Å². The maximum Gasteiger partial charge on any atom is 0.271 e. The number of carbonyl (C=O) groups excluding carboxylic acids is 1. The molecule has 3 heteroatoms. The molecule has 3 aromatic carbocycles. The Balaban J connectivity index is 1.76. The van der Waals surface area contributed by atoms with Gasteiger partial charge in [-0.15, -0.1) is 0 Å². The van der Waals surface area contributed by atoms with Gasteiger partial charge in [-0.3, -0.25) is 4.79 Å². The number of hydrogen-bond acceptors (Lipinski definition) is 2. The van der Waals surface area contributed by atoms with Gasteiger partial charge in [-0.05, 0) is 29.8 Å². The average molecular weight is 288 g/mol. The highest BCUT2D eigenvalue weighted by Gasteiger charge is 2.03. The normalized spacial score (nSPS) is 11.0. The number of hydrazone groups is 1. The van der Waals surface area contributed by atoms with E-state index in [1.165, 1.54) is 0 Å². The molecule has 3 nitrogen and oxygen atoms in total. The summed E-state index contributed by atoms with van der Waals surface area (Å²) in [5.74, 6) is -0.212. The van der Waals surface area contributed by atoms with Gasteiger partial charge in [-0.25, -0.2) is 5.43 Å². The molecule has 0 aromatic heterocycles. The van der Waals surface area contributed by atoms with E-state index < -0.39 is 0 Å². The van der Waals surface area contributed by atoms with Crippen LogP contribution in [0.1, 0.15) is 21.5 Å². The highest BCUT2D eigenvalue weighted by molar-refractivity contribution is 6.00. The minimum atomic E-state index is -0.212. The fourth-order valence-electron chi connectivity index (χ4n) is 2.29. The lowest BCUT2D eigenvalue weighted by Gasteiger charge is -2.02. The topological polar surface area (TPSA) is 41.5 Å². The van der Waals surface area contributed by atoms with E-state index >= 15 is 0 Å². The molecule has 0 atom stereocenters. The Hall–Kier alpha value is -2.94. The number of nitrogens with zero attached hydrogens (tertiary/aromatic N) is 1. The summed E-state index contributed by atoms with van der Waals surface area (Å²) in [7, 11) is 0. The van der Waals surface area contributed by atoms with E-state index in [0.717, 1.165) is 21.9 Å². The van der Waals surface area contributed by atoms with Crippen molar-refractivity contribution in [2.75, 3.05) is 0 Å². The van der Waals surface area contributed by atoms with Gasteiger partial charge in [0.05, 0.1) is 6.21 Å². The second-order valence-corrected chi connectivity index (χ2v) is 5.13. The van der Waals surface area contributed by atoms with Crippen molar-refractivity contribution in [3.05, 3.63) is 83.4 Å². The van der Waals surface area contributed by atoms with Crippen LogP contribution in [0.4, 0.5) is 0 Å². The van der Waals surface area contributed by atoms with E-state index in [1.54, 1.807) is 18.3 Å². The summed E-state index contributed by atoms with van der Waals surface area (Å²) in [6, 6.07) is 21.5. The van der Waals surface area contributed by atoms with Crippen molar-refractivity contribution >= 4 is 22.9 Å². The highest BCUT2D eigenvalue weighted by atomic mass is 16.2. The predicted octanol–water partition coefficient (Wildman–Crippen LogP) is 3.91. The average Bonchev–Trinajstić information content (AvgIpc) is 2.55. The third kappa shape index (κ3) is 3.04. The lowest BCUT2D eigenvalue weighted by molar-refractivity contribution is 0.0955. The Morgan fingerprint density at radius 1 is 0.955 bits per heavy atom. The molecule has 0 spiro atoms. The first kappa shape index (κ1) is 14.0. The Labute approximate surface area is 129 Å². The molecule has 22 heavy (non-hydrogen) atoms. The van der Waals surface area contributed by atoms with E-state index in [1.807, 2.05) is 49.4 Å². The number of aryl methyl sites for hydroxylation is 1.